The maximum absolute atomic E-state index is 3.03. The number of hydrazine groups is 1. The van der Waals surface area contributed by atoms with Crippen LogP contribution in [0.3, 0.4) is 0 Å². The molecule has 2 N–H and O–H groups in total. The molecule has 0 amide bonds. The number of hydrogen-bond acceptors (Lipinski definition) is 2. The van der Waals surface area contributed by atoms with Gasteiger partial charge in [-0.1, -0.05) is 0 Å². The zero-order valence-corrected chi connectivity index (χ0v) is 6.28. The van der Waals surface area contributed by atoms with Gasteiger partial charge in [-0.3, -0.25) is 10.9 Å². The van der Waals surface area contributed by atoms with E-state index >= 15 is 0 Å². The Balaban J connectivity index is 0. The van der Waals surface area contributed by atoms with E-state index in [1.165, 1.54) is 12.8 Å². The normalized spacial score (nSPS) is 18.0. The molecular weight excluding hydrogens is 147 g/mol. The lowest BCUT2D eigenvalue weighted by Crippen LogP contribution is -2.37. The van der Waals surface area contributed by atoms with Gasteiger partial charge in [-0.25, -0.2) is 0 Å². The first-order valence-corrected chi connectivity index (χ1v) is 2.46. The van der Waals surface area contributed by atoms with Gasteiger partial charge in [-0.2, -0.15) is 0 Å². The Morgan fingerprint density at radius 1 is 0.750 bits per heavy atom. The van der Waals surface area contributed by atoms with E-state index < -0.39 is 0 Å². The average molecular weight is 159 g/mol. The summed E-state index contributed by atoms with van der Waals surface area (Å²) in [5.41, 5.74) is 6.07. The van der Waals surface area contributed by atoms with Gasteiger partial charge in [0, 0.05) is 13.1 Å². The largest absolute Gasteiger partial charge is 0.258 e. The van der Waals surface area contributed by atoms with Crippen LogP contribution in [0.5, 0.6) is 0 Å². The molecule has 0 unspecified atom stereocenters. The zero-order valence-electron chi connectivity index (χ0n) is 4.64. The number of halogens is 2. The van der Waals surface area contributed by atoms with E-state index in [-0.39, 0.29) is 24.8 Å². The van der Waals surface area contributed by atoms with Crippen LogP contribution >= 0.6 is 24.8 Å². The molecule has 0 radical (unpaired) electrons. The van der Waals surface area contributed by atoms with Gasteiger partial charge in [0.15, 0.2) is 0 Å². The smallest absolute Gasteiger partial charge is 0.0100 e. The minimum Gasteiger partial charge on any atom is -0.258 e. The van der Waals surface area contributed by atoms with Gasteiger partial charge in [0.05, 0.1) is 0 Å². The summed E-state index contributed by atoms with van der Waals surface area (Å²) in [6.07, 6.45) is 2.65. The molecule has 0 aromatic carbocycles. The fourth-order valence-corrected chi connectivity index (χ4v) is 0.604. The third-order valence-corrected chi connectivity index (χ3v) is 0.979. The molecule has 4 heteroatoms. The molecule has 0 aliphatic carbocycles. The maximum Gasteiger partial charge on any atom is 0.0100 e. The van der Waals surface area contributed by atoms with Crippen molar-refractivity contribution < 1.29 is 0 Å². The van der Waals surface area contributed by atoms with Crippen LogP contribution in [0.1, 0.15) is 12.8 Å². The Hall–Kier alpha value is 0.500. The summed E-state index contributed by atoms with van der Waals surface area (Å²) in [5, 5.41) is 0. The predicted octanol–water partition coefficient (Wildman–Crippen LogP) is 0.718. The molecule has 1 saturated heterocycles. The van der Waals surface area contributed by atoms with E-state index in [0.717, 1.165) is 13.1 Å². The van der Waals surface area contributed by atoms with Crippen molar-refractivity contribution >= 4 is 24.8 Å². The van der Waals surface area contributed by atoms with Crippen molar-refractivity contribution in [3.8, 4) is 0 Å². The van der Waals surface area contributed by atoms with Crippen LogP contribution in [0.4, 0.5) is 0 Å². The van der Waals surface area contributed by atoms with E-state index in [0.29, 0.717) is 0 Å². The van der Waals surface area contributed by atoms with Crippen LogP contribution in [0.2, 0.25) is 0 Å². The third kappa shape index (κ3) is 4.65. The molecule has 2 nitrogen and oxygen atoms in total. The minimum atomic E-state index is 0. The van der Waals surface area contributed by atoms with Crippen molar-refractivity contribution in [1.82, 2.24) is 10.9 Å². The van der Waals surface area contributed by atoms with Crippen LogP contribution in [0.25, 0.3) is 0 Å². The first kappa shape index (κ1) is 11.3. The van der Waals surface area contributed by atoms with E-state index in [9.17, 15) is 0 Å². The topological polar surface area (TPSA) is 24.1 Å². The summed E-state index contributed by atoms with van der Waals surface area (Å²) in [6.45, 7) is 2.28. The van der Waals surface area contributed by atoms with E-state index in [2.05, 4.69) is 10.9 Å². The van der Waals surface area contributed by atoms with Gasteiger partial charge in [-0.15, -0.1) is 24.8 Å². The van der Waals surface area contributed by atoms with Crippen LogP contribution in [0, 0.1) is 0 Å². The zero-order chi connectivity index (χ0) is 4.24. The first-order chi connectivity index (χ1) is 3.00. The fraction of sp³-hybridized carbons (Fsp3) is 1.00. The standard InChI is InChI=1S/C4H10N2.2ClH/c1-2-4-6-5-3-1;;/h5-6H,1-4H2;2*1H. The number of nitrogens with one attached hydrogen (secondary N) is 2. The summed E-state index contributed by atoms with van der Waals surface area (Å²) in [6, 6.07) is 0. The molecule has 0 atom stereocenters. The van der Waals surface area contributed by atoms with Crippen LogP contribution in [0.15, 0.2) is 0 Å². The van der Waals surface area contributed by atoms with E-state index in [4.69, 9.17) is 0 Å². The summed E-state index contributed by atoms with van der Waals surface area (Å²) < 4.78 is 0. The molecule has 0 aromatic rings. The van der Waals surface area contributed by atoms with Crippen molar-refractivity contribution in [3.05, 3.63) is 0 Å². The van der Waals surface area contributed by atoms with Gasteiger partial charge >= 0.3 is 0 Å². The molecule has 1 heterocycles. The van der Waals surface area contributed by atoms with Crippen molar-refractivity contribution in [3.63, 3.8) is 0 Å². The number of hydrogen-bond donors (Lipinski definition) is 2. The lowest BCUT2D eigenvalue weighted by molar-refractivity contribution is 0.443. The second-order valence-electron chi connectivity index (χ2n) is 1.56. The summed E-state index contributed by atoms with van der Waals surface area (Å²) in [7, 11) is 0. The van der Waals surface area contributed by atoms with Gasteiger partial charge in [0.25, 0.3) is 0 Å². The lowest BCUT2D eigenvalue weighted by atomic mass is 10.3. The minimum absolute atomic E-state index is 0. The monoisotopic (exact) mass is 158 g/mol. The van der Waals surface area contributed by atoms with Crippen LogP contribution in [-0.4, -0.2) is 13.1 Å². The van der Waals surface area contributed by atoms with Crippen molar-refractivity contribution in [2.75, 3.05) is 13.1 Å². The van der Waals surface area contributed by atoms with Gasteiger partial charge in [0.2, 0.25) is 0 Å². The molecule has 1 fully saturated rings. The Labute approximate surface area is 62.2 Å². The Morgan fingerprint density at radius 2 is 1.12 bits per heavy atom. The van der Waals surface area contributed by atoms with Crippen LogP contribution < -0.4 is 10.9 Å². The van der Waals surface area contributed by atoms with Crippen molar-refractivity contribution in [2.24, 2.45) is 0 Å². The highest BCUT2D eigenvalue weighted by Crippen LogP contribution is 1.85. The Morgan fingerprint density at radius 3 is 1.25 bits per heavy atom. The Bertz CT molecular complexity index is 27.5. The highest BCUT2D eigenvalue weighted by Gasteiger charge is 1.92. The molecule has 0 spiro atoms. The SMILES string of the molecule is C1CCNNC1.Cl.Cl. The average Bonchev–Trinajstić information content (AvgIpc) is 1.72. The van der Waals surface area contributed by atoms with Crippen molar-refractivity contribution in [1.29, 1.82) is 0 Å². The molecule has 0 aromatic heterocycles. The fourth-order valence-electron chi connectivity index (χ4n) is 0.604. The third-order valence-electron chi connectivity index (χ3n) is 0.979. The van der Waals surface area contributed by atoms with Gasteiger partial charge in [0.1, 0.15) is 0 Å². The summed E-state index contributed by atoms with van der Waals surface area (Å²) in [4.78, 5) is 0. The second-order valence-corrected chi connectivity index (χ2v) is 1.56. The Kier molecular flexibility index (Phi) is 10.6. The molecule has 1 rings (SSSR count). The quantitative estimate of drug-likeness (QED) is 0.544. The molecule has 8 heavy (non-hydrogen) atoms. The molecule has 0 saturated carbocycles. The summed E-state index contributed by atoms with van der Waals surface area (Å²) in [5.74, 6) is 0. The highest BCUT2D eigenvalue weighted by atomic mass is 35.5. The number of rotatable bonds is 0. The van der Waals surface area contributed by atoms with Gasteiger partial charge in [-0.05, 0) is 12.8 Å². The first-order valence-electron chi connectivity index (χ1n) is 2.46. The summed E-state index contributed by atoms with van der Waals surface area (Å²) >= 11 is 0. The van der Waals surface area contributed by atoms with E-state index in [1.807, 2.05) is 0 Å². The molecule has 1 aliphatic rings. The molecule has 1 aliphatic heterocycles. The predicted molar refractivity (Wildman–Crippen MR) is 39.7 cm³/mol. The second kappa shape index (κ2) is 7.50. The molecule has 52 valence electrons. The van der Waals surface area contributed by atoms with Crippen LogP contribution in [-0.2, 0) is 0 Å². The lowest BCUT2D eigenvalue weighted by Gasteiger charge is -2.10. The van der Waals surface area contributed by atoms with Crippen molar-refractivity contribution in [2.45, 2.75) is 12.8 Å². The molecular formula is C4H12Cl2N2. The highest BCUT2D eigenvalue weighted by molar-refractivity contribution is 5.85. The maximum atomic E-state index is 3.03. The molecule has 0 bridgehead atoms. The van der Waals surface area contributed by atoms with E-state index in [1.54, 1.807) is 0 Å². The van der Waals surface area contributed by atoms with Gasteiger partial charge < -0.3 is 0 Å².